The molecular formula is C17H21NO5. The average molecular weight is 319 g/mol. The van der Waals surface area contributed by atoms with Gasteiger partial charge in [-0.2, -0.15) is 0 Å². The number of rotatable bonds is 6. The molecule has 0 aliphatic rings. The van der Waals surface area contributed by atoms with Crippen LogP contribution >= 0.6 is 0 Å². The molecule has 2 rings (SSSR count). The third-order valence-corrected chi connectivity index (χ3v) is 3.60. The lowest BCUT2D eigenvalue weighted by atomic mass is 10.1. The number of hydrogen-bond donors (Lipinski definition) is 0. The first-order chi connectivity index (χ1) is 11.0. The van der Waals surface area contributed by atoms with E-state index in [4.69, 9.17) is 14.2 Å². The highest BCUT2D eigenvalue weighted by molar-refractivity contribution is 6.06. The molecule has 0 N–H and O–H groups in total. The lowest BCUT2D eigenvalue weighted by Gasteiger charge is -2.08. The Morgan fingerprint density at radius 2 is 1.83 bits per heavy atom. The van der Waals surface area contributed by atoms with Crippen LogP contribution in [-0.4, -0.2) is 36.8 Å². The largest absolute Gasteiger partial charge is 0.497 e. The summed E-state index contributed by atoms with van der Waals surface area (Å²) in [7, 11) is 1.56. The predicted octanol–water partition coefficient (Wildman–Crippen LogP) is 2.70. The molecule has 0 saturated carbocycles. The molecule has 0 fully saturated rings. The number of benzene rings is 1. The minimum absolute atomic E-state index is 0.0436. The van der Waals surface area contributed by atoms with E-state index in [0.29, 0.717) is 29.0 Å². The van der Waals surface area contributed by atoms with Gasteiger partial charge in [0.1, 0.15) is 12.3 Å². The number of methoxy groups -OCH3 is 1. The Bertz CT molecular complexity index is 732. The smallest absolute Gasteiger partial charge is 0.340 e. The minimum atomic E-state index is -0.411. The van der Waals surface area contributed by atoms with Gasteiger partial charge in [-0.25, -0.2) is 4.79 Å². The second-order valence-electron chi connectivity index (χ2n) is 4.96. The van der Waals surface area contributed by atoms with E-state index in [0.717, 1.165) is 5.52 Å². The standard InChI is InChI=1S/C17H21NO5/c1-5-22-15(19)10-18-11(3)16(17(20)23-6-2)13-9-12(21-4)7-8-14(13)18/h7-9H,5-6,10H2,1-4H3. The molecule has 6 heteroatoms. The highest BCUT2D eigenvalue weighted by Crippen LogP contribution is 2.30. The SMILES string of the molecule is CCOC(=O)Cn1c(C)c(C(=O)OCC)c2cc(OC)ccc21. The van der Waals surface area contributed by atoms with Gasteiger partial charge in [0.25, 0.3) is 0 Å². The molecule has 1 heterocycles. The lowest BCUT2D eigenvalue weighted by molar-refractivity contribution is -0.143. The Morgan fingerprint density at radius 1 is 1.13 bits per heavy atom. The van der Waals surface area contributed by atoms with E-state index in [1.807, 2.05) is 6.07 Å². The fourth-order valence-corrected chi connectivity index (χ4v) is 2.59. The van der Waals surface area contributed by atoms with Gasteiger partial charge in [0.15, 0.2) is 0 Å². The van der Waals surface area contributed by atoms with E-state index in [9.17, 15) is 9.59 Å². The fraction of sp³-hybridized carbons (Fsp3) is 0.412. The number of carbonyl (C=O) groups is 2. The molecule has 124 valence electrons. The number of esters is 2. The zero-order valence-corrected chi connectivity index (χ0v) is 13.8. The molecule has 23 heavy (non-hydrogen) atoms. The molecule has 0 aliphatic carbocycles. The Kier molecular flexibility index (Phi) is 5.26. The Labute approximate surface area is 134 Å². The van der Waals surface area contributed by atoms with E-state index in [1.165, 1.54) is 0 Å². The van der Waals surface area contributed by atoms with Crippen molar-refractivity contribution in [3.05, 3.63) is 29.5 Å². The molecule has 1 aromatic heterocycles. The van der Waals surface area contributed by atoms with Crippen molar-refractivity contribution >= 4 is 22.8 Å². The summed E-state index contributed by atoms with van der Waals surface area (Å²) in [4.78, 5) is 24.2. The molecule has 0 unspecified atom stereocenters. The average Bonchev–Trinajstić information content (AvgIpc) is 2.79. The van der Waals surface area contributed by atoms with Crippen molar-refractivity contribution in [1.82, 2.24) is 4.57 Å². The summed E-state index contributed by atoms with van der Waals surface area (Å²) >= 11 is 0. The van der Waals surface area contributed by atoms with E-state index in [1.54, 1.807) is 44.6 Å². The molecule has 0 amide bonds. The van der Waals surface area contributed by atoms with Crippen molar-refractivity contribution < 1.29 is 23.8 Å². The Balaban J connectivity index is 2.60. The van der Waals surface area contributed by atoms with Crippen LogP contribution in [0.5, 0.6) is 5.75 Å². The first-order valence-corrected chi connectivity index (χ1v) is 7.53. The molecule has 0 aliphatic heterocycles. The van der Waals surface area contributed by atoms with Crippen molar-refractivity contribution in [3.8, 4) is 5.75 Å². The lowest BCUT2D eigenvalue weighted by Crippen LogP contribution is -2.15. The number of hydrogen-bond acceptors (Lipinski definition) is 5. The summed E-state index contributed by atoms with van der Waals surface area (Å²) < 4.78 is 17.2. The van der Waals surface area contributed by atoms with E-state index < -0.39 is 5.97 Å². The summed E-state index contributed by atoms with van der Waals surface area (Å²) in [5, 5.41) is 0.699. The zero-order chi connectivity index (χ0) is 17.0. The number of nitrogens with zero attached hydrogens (tertiary/aromatic N) is 1. The second kappa shape index (κ2) is 7.17. The van der Waals surface area contributed by atoms with Gasteiger partial charge in [0.2, 0.25) is 0 Å². The van der Waals surface area contributed by atoms with Crippen LogP contribution in [0.25, 0.3) is 10.9 Å². The van der Waals surface area contributed by atoms with Crippen molar-refractivity contribution in [2.45, 2.75) is 27.3 Å². The second-order valence-corrected chi connectivity index (χ2v) is 4.96. The monoisotopic (exact) mass is 319 g/mol. The maximum Gasteiger partial charge on any atom is 0.340 e. The summed E-state index contributed by atoms with van der Waals surface area (Å²) in [6.45, 7) is 5.95. The molecule has 0 spiro atoms. The predicted molar refractivity (Wildman–Crippen MR) is 85.8 cm³/mol. The number of aromatic nitrogens is 1. The van der Waals surface area contributed by atoms with Crippen LogP contribution in [0.1, 0.15) is 29.9 Å². The van der Waals surface area contributed by atoms with E-state index in [-0.39, 0.29) is 19.1 Å². The third-order valence-electron chi connectivity index (χ3n) is 3.60. The van der Waals surface area contributed by atoms with Gasteiger partial charge in [-0.05, 0) is 39.0 Å². The Morgan fingerprint density at radius 3 is 2.43 bits per heavy atom. The van der Waals surface area contributed by atoms with Crippen LogP contribution in [0.2, 0.25) is 0 Å². The van der Waals surface area contributed by atoms with Gasteiger partial charge in [-0.15, -0.1) is 0 Å². The molecule has 0 saturated heterocycles. The highest BCUT2D eigenvalue weighted by Gasteiger charge is 2.22. The van der Waals surface area contributed by atoms with Crippen LogP contribution in [0.4, 0.5) is 0 Å². The van der Waals surface area contributed by atoms with Crippen molar-refractivity contribution in [3.63, 3.8) is 0 Å². The summed E-state index contributed by atoms with van der Waals surface area (Å²) in [6, 6.07) is 5.39. The van der Waals surface area contributed by atoms with E-state index in [2.05, 4.69) is 0 Å². The van der Waals surface area contributed by atoms with Crippen LogP contribution in [0, 0.1) is 6.92 Å². The molecule has 0 atom stereocenters. The van der Waals surface area contributed by atoms with Gasteiger partial charge in [0, 0.05) is 16.6 Å². The van der Waals surface area contributed by atoms with Gasteiger partial charge in [0.05, 0.1) is 25.9 Å². The van der Waals surface area contributed by atoms with Crippen molar-refractivity contribution in [2.75, 3.05) is 20.3 Å². The zero-order valence-electron chi connectivity index (χ0n) is 13.8. The molecule has 0 bridgehead atoms. The van der Waals surface area contributed by atoms with Gasteiger partial charge in [-0.3, -0.25) is 4.79 Å². The van der Waals surface area contributed by atoms with Crippen LogP contribution in [-0.2, 0) is 20.8 Å². The molecule has 1 aromatic carbocycles. The van der Waals surface area contributed by atoms with Crippen molar-refractivity contribution in [1.29, 1.82) is 0 Å². The van der Waals surface area contributed by atoms with Gasteiger partial charge in [-0.1, -0.05) is 0 Å². The summed E-state index contributed by atoms with van der Waals surface area (Å²) in [5.41, 5.74) is 1.88. The summed E-state index contributed by atoms with van der Waals surface area (Å²) in [5.74, 6) is -0.124. The topological polar surface area (TPSA) is 66.8 Å². The first-order valence-electron chi connectivity index (χ1n) is 7.53. The molecule has 2 aromatic rings. The van der Waals surface area contributed by atoms with Gasteiger partial charge >= 0.3 is 11.9 Å². The summed E-state index contributed by atoms with van der Waals surface area (Å²) in [6.07, 6.45) is 0. The first kappa shape index (κ1) is 16.9. The highest BCUT2D eigenvalue weighted by atomic mass is 16.5. The van der Waals surface area contributed by atoms with Crippen LogP contribution in [0.3, 0.4) is 0 Å². The maximum atomic E-state index is 12.3. The molecular weight excluding hydrogens is 298 g/mol. The van der Waals surface area contributed by atoms with Crippen molar-refractivity contribution in [2.24, 2.45) is 0 Å². The minimum Gasteiger partial charge on any atom is -0.497 e. The van der Waals surface area contributed by atoms with E-state index >= 15 is 0 Å². The number of carbonyl (C=O) groups excluding carboxylic acids is 2. The normalized spacial score (nSPS) is 10.6. The quantitative estimate of drug-likeness (QED) is 0.766. The van der Waals surface area contributed by atoms with Crippen LogP contribution < -0.4 is 4.74 Å². The fourth-order valence-electron chi connectivity index (χ4n) is 2.59. The maximum absolute atomic E-state index is 12.3. The van der Waals surface area contributed by atoms with Gasteiger partial charge < -0.3 is 18.8 Å². The number of ether oxygens (including phenoxy) is 3. The molecule has 0 radical (unpaired) electrons. The number of fused-ring (bicyclic) bond motifs is 1. The third kappa shape index (κ3) is 3.31. The molecule has 6 nitrogen and oxygen atoms in total. The van der Waals surface area contributed by atoms with Crippen LogP contribution in [0.15, 0.2) is 18.2 Å². The Hall–Kier alpha value is -2.50.